The van der Waals surface area contributed by atoms with E-state index in [1.54, 1.807) is 0 Å². The van der Waals surface area contributed by atoms with Gasteiger partial charge in [-0.3, -0.25) is 9.89 Å². The number of nitrogens with zero attached hydrogens (tertiary/aromatic N) is 2. The van der Waals surface area contributed by atoms with Gasteiger partial charge < -0.3 is 10.2 Å². The molecule has 0 saturated carbocycles. The Balaban J connectivity index is 1.48. The van der Waals surface area contributed by atoms with Crippen molar-refractivity contribution in [3.8, 4) is 0 Å². The van der Waals surface area contributed by atoms with E-state index in [0.717, 1.165) is 29.7 Å². The van der Waals surface area contributed by atoms with Gasteiger partial charge in [0.05, 0.1) is 5.52 Å². The summed E-state index contributed by atoms with van der Waals surface area (Å²) >= 11 is 0. The van der Waals surface area contributed by atoms with Crippen molar-refractivity contribution in [2.24, 2.45) is 0 Å². The molecule has 3 aromatic rings. The molecule has 25 heavy (non-hydrogen) atoms. The maximum Gasteiger partial charge on any atom is 0.276 e. The molecule has 0 unspecified atom stereocenters. The van der Waals surface area contributed by atoms with Crippen LogP contribution in [0.5, 0.6) is 0 Å². The van der Waals surface area contributed by atoms with E-state index in [-0.39, 0.29) is 5.91 Å². The van der Waals surface area contributed by atoms with E-state index in [0.29, 0.717) is 5.69 Å². The van der Waals surface area contributed by atoms with Crippen LogP contribution in [0.1, 0.15) is 36.2 Å². The summed E-state index contributed by atoms with van der Waals surface area (Å²) < 4.78 is 0. The molecule has 2 N–H and O–H groups in total. The Labute approximate surface area is 147 Å². The highest BCUT2D eigenvalue weighted by molar-refractivity contribution is 6.11. The molecular weight excluding hydrogens is 312 g/mol. The van der Waals surface area contributed by atoms with E-state index >= 15 is 0 Å². The molecule has 1 saturated heterocycles. The van der Waals surface area contributed by atoms with Crippen molar-refractivity contribution in [3.63, 3.8) is 0 Å². The fourth-order valence-corrected chi connectivity index (χ4v) is 3.41. The second-order valence-corrected chi connectivity index (χ2v) is 6.52. The highest BCUT2D eigenvalue weighted by atomic mass is 16.1. The van der Waals surface area contributed by atoms with Gasteiger partial charge in [-0.15, -0.1) is 0 Å². The molecule has 5 heteroatoms. The predicted molar refractivity (Wildman–Crippen MR) is 101 cm³/mol. The molecular formula is C20H22N4O. The van der Waals surface area contributed by atoms with E-state index in [4.69, 9.17) is 0 Å². The van der Waals surface area contributed by atoms with Crippen LogP contribution in [0.3, 0.4) is 0 Å². The van der Waals surface area contributed by atoms with Gasteiger partial charge in [-0.1, -0.05) is 31.0 Å². The third-order valence-corrected chi connectivity index (χ3v) is 4.78. The van der Waals surface area contributed by atoms with Gasteiger partial charge in [0.15, 0.2) is 5.69 Å². The second kappa shape index (κ2) is 6.97. The lowest BCUT2D eigenvalue weighted by Gasteiger charge is -2.22. The highest BCUT2D eigenvalue weighted by Crippen LogP contribution is 2.22. The van der Waals surface area contributed by atoms with Crippen LogP contribution < -0.4 is 10.2 Å². The van der Waals surface area contributed by atoms with Crippen molar-refractivity contribution >= 4 is 28.2 Å². The van der Waals surface area contributed by atoms with Crippen LogP contribution in [0.4, 0.5) is 11.4 Å². The maximum atomic E-state index is 12.5. The summed E-state index contributed by atoms with van der Waals surface area (Å²) in [5, 5.41) is 10.8. The number of carbonyl (C=O) groups is 1. The third kappa shape index (κ3) is 3.36. The molecule has 0 aliphatic carbocycles. The van der Waals surface area contributed by atoms with Crippen LogP contribution >= 0.6 is 0 Å². The topological polar surface area (TPSA) is 61.0 Å². The fraction of sp³-hybridized carbons (Fsp3) is 0.300. The number of hydrogen-bond donors (Lipinski definition) is 2. The second-order valence-electron chi connectivity index (χ2n) is 6.52. The van der Waals surface area contributed by atoms with Crippen LogP contribution in [-0.2, 0) is 0 Å². The fourth-order valence-electron chi connectivity index (χ4n) is 3.41. The lowest BCUT2D eigenvalue weighted by molar-refractivity contribution is 0.102. The lowest BCUT2D eigenvalue weighted by atomic mass is 10.2. The quantitative estimate of drug-likeness (QED) is 0.755. The van der Waals surface area contributed by atoms with Crippen molar-refractivity contribution in [2.75, 3.05) is 23.3 Å². The first-order valence-electron chi connectivity index (χ1n) is 8.91. The Morgan fingerprint density at radius 3 is 2.44 bits per heavy atom. The Morgan fingerprint density at radius 2 is 1.68 bits per heavy atom. The molecule has 1 amide bonds. The Bertz CT molecular complexity index is 861. The molecule has 5 nitrogen and oxygen atoms in total. The van der Waals surface area contributed by atoms with Gasteiger partial charge in [0, 0.05) is 29.9 Å². The molecule has 4 rings (SSSR count). The summed E-state index contributed by atoms with van der Waals surface area (Å²) in [6.07, 6.45) is 5.15. The molecule has 0 bridgehead atoms. The van der Waals surface area contributed by atoms with Gasteiger partial charge in [0.1, 0.15) is 0 Å². The van der Waals surface area contributed by atoms with E-state index in [1.807, 2.05) is 36.4 Å². The smallest absolute Gasteiger partial charge is 0.276 e. The van der Waals surface area contributed by atoms with Crippen molar-refractivity contribution in [1.29, 1.82) is 0 Å². The molecule has 0 spiro atoms. The van der Waals surface area contributed by atoms with E-state index in [1.165, 1.54) is 31.4 Å². The Kier molecular flexibility index (Phi) is 4.37. The van der Waals surface area contributed by atoms with Gasteiger partial charge in [0.25, 0.3) is 5.91 Å². The number of anilines is 2. The Hall–Kier alpha value is -2.82. The normalized spacial score (nSPS) is 15.1. The highest BCUT2D eigenvalue weighted by Gasteiger charge is 2.14. The van der Waals surface area contributed by atoms with E-state index < -0.39 is 0 Å². The SMILES string of the molecule is O=C(Nc1ccc(N2CCCCCC2)cc1)c1n[nH]c2ccccc12. The van der Waals surface area contributed by atoms with Gasteiger partial charge in [0.2, 0.25) is 0 Å². The predicted octanol–water partition coefficient (Wildman–Crippen LogP) is 4.20. The zero-order chi connectivity index (χ0) is 17.1. The van der Waals surface area contributed by atoms with Gasteiger partial charge in [-0.05, 0) is 43.2 Å². The average molecular weight is 334 g/mol. The summed E-state index contributed by atoms with van der Waals surface area (Å²) in [7, 11) is 0. The zero-order valence-corrected chi connectivity index (χ0v) is 14.2. The lowest BCUT2D eigenvalue weighted by Crippen LogP contribution is -2.23. The molecule has 0 atom stereocenters. The Morgan fingerprint density at radius 1 is 0.960 bits per heavy atom. The van der Waals surface area contributed by atoms with Gasteiger partial charge in [-0.2, -0.15) is 5.10 Å². The zero-order valence-electron chi connectivity index (χ0n) is 14.2. The number of nitrogens with one attached hydrogen (secondary N) is 2. The largest absolute Gasteiger partial charge is 0.372 e. The van der Waals surface area contributed by atoms with Crippen molar-refractivity contribution in [1.82, 2.24) is 10.2 Å². The van der Waals surface area contributed by atoms with Gasteiger partial charge >= 0.3 is 0 Å². The first-order chi connectivity index (χ1) is 12.3. The van der Waals surface area contributed by atoms with Crippen LogP contribution in [0, 0.1) is 0 Å². The number of H-pyrrole nitrogens is 1. The first-order valence-corrected chi connectivity index (χ1v) is 8.91. The molecule has 1 aliphatic rings. The molecule has 1 aliphatic heterocycles. The number of carbonyl (C=O) groups excluding carboxylic acids is 1. The summed E-state index contributed by atoms with van der Waals surface area (Å²) in [6, 6.07) is 15.7. The van der Waals surface area contributed by atoms with Crippen molar-refractivity contribution < 1.29 is 4.79 Å². The number of para-hydroxylation sites is 1. The molecule has 0 radical (unpaired) electrons. The summed E-state index contributed by atoms with van der Waals surface area (Å²) in [4.78, 5) is 14.9. The average Bonchev–Trinajstić information content (AvgIpc) is 2.89. The number of aromatic nitrogens is 2. The summed E-state index contributed by atoms with van der Waals surface area (Å²) in [5.74, 6) is -0.194. The van der Waals surface area contributed by atoms with Crippen LogP contribution in [0.2, 0.25) is 0 Å². The molecule has 2 aromatic carbocycles. The number of aromatic amines is 1. The van der Waals surface area contributed by atoms with Crippen LogP contribution in [-0.4, -0.2) is 29.2 Å². The summed E-state index contributed by atoms with van der Waals surface area (Å²) in [5.41, 5.74) is 3.30. The minimum atomic E-state index is -0.194. The maximum absolute atomic E-state index is 12.5. The first kappa shape index (κ1) is 15.7. The monoisotopic (exact) mass is 334 g/mol. The van der Waals surface area contributed by atoms with E-state index in [9.17, 15) is 4.79 Å². The number of fused-ring (bicyclic) bond motifs is 1. The molecule has 128 valence electrons. The van der Waals surface area contributed by atoms with Crippen LogP contribution in [0.15, 0.2) is 48.5 Å². The molecule has 1 fully saturated rings. The molecule has 1 aromatic heterocycles. The number of hydrogen-bond acceptors (Lipinski definition) is 3. The number of amides is 1. The standard InChI is InChI=1S/C20H22N4O/c25-20(19-17-7-3-4-8-18(17)22-23-19)21-15-9-11-16(12-10-15)24-13-5-1-2-6-14-24/h3-4,7-12H,1-2,5-6,13-14H2,(H,21,25)(H,22,23). The summed E-state index contributed by atoms with van der Waals surface area (Å²) in [6.45, 7) is 2.23. The van der Waals surface area contributed by atoms with Crippen molar-refractivity contribution in [2.45, 2.75) is 25.7 Å². The van der Waals surface area contributed by atoms with Gasteiger partial charge in [-0.25, -0.2) is 0 Å². The minimum Gasteiger partial charge on any atom is -0.372 e. The number of benzene rings is 2. The minimum absolute atomic E-state index is 0.194. The molecule has 2 heterocycles. The number of rotatable bonds is 3. The third-order valence-electron chi connectivity index (χ3n) is 4.78. The van der Waals surface area contributed by atoms with Crippen LogP contribution in [0.25, 0.3) is 10.9 Å². The van der Waals surface area contributed by atoms with E-state index in [2.05, 4.69) is 32.5 Å². The van der Waals surface area contributed by atoms with Crippen molar-refractivity contribution in [3.05, 3.63) is 54.2 Å².